The Morgan fingerprint density at radius 3 is 2.28 bits per heavy atom. The summed E-state index contributed by atoms with van der Waals surface area (Å²) < 4.78 is 10.8. The van der Waals surface area contributed by atoms with Crippen molar-refractivity contribution >= 4 is 6.03 Å². The second-order valence-corrected chi connectivity index (χ2v) is 6.77. The van der Waals surface area contributed by atoms with Crippen LogP contribution in [-0.4, -0.2) is 42.0 Å². The van der Waals surface area contributed by atoms with Crippen molar-refractivity contribution < 1.29 is 13.6 Å². The minimum Gasteiger partial charge on any atom is -0.467 e. The normalized spacial score (nSPS) is 16.0. The Morgan fingerprint density at radius 2 is 1.76 bits per heavy atom. The molecule has 1 aliphatic heterocycles. The number of likely N-dealkylation sites (tertiary alicyclic amines) is 1. The van der Waals surface area contributed by atoms with E-state index in [9.17, 15) is 4.79 Å². The largest absolute Gasteiger partial charge is 0.467 e. The summed E-state index contributed by atoms with van der Waals surface area (Å²) in [7, 11) is 0. The number of furan rings is 2. The predicted molar refractivity (Wildman–Crippen MR) is 94.9 cm³/mol. The molecule has 0 bridgehead atoms. The number of rotatable bonds is 7. The smallest absolute Gasteiger partial charge is 0.318 e. The quantitative estimate of drug-likeness (QED) is 0.836. The van der Waals surface area contributed by atoms with Crippen LogP contribution in [-0.2, 0) is 13.1 Å². The zero-order valence-electron chi connectivity index (χ0n) is 14.8. The van der Waals surface area contributed by atoms with Gasteiger partial charge in [0, 0.05) is 13.1 Å². The van der Waals surface area contributed by atoms with E-state index in [0.717, 1.165) is 37.1 Å². The summed E-state index contributed by atoms with van der Waals surface area (Å²) in [6.07, 6.45) is 5.74. The van der Waals surface area contributed by atoms with Crippen LogP contribution in [0.2, 0.25) is 0 Å². The molecule has 6 nitrogen and oxygen atoms in total. The van der Waals surface area contributed by atoms with Crippen molar-refractivity contribution in [1.82, 2.24) is 15.1 Å². The van der Waals surface area contributed by atoms with Crippen molar-refractivity contribution in [2.45, 2.75) is 32.9 Å². The van der Waals surface area contributed by atoms with Crippen LogP contribution in [0.15, 0.2) is 45.6 Å². The standard InChI is InChI=1S/C19H27N3O3/c1-16-6-9-21(10-7-16)11-8-20-19(23)22(14-17-4-2-12-24-17)15-18-5-3-13-25-18/h2-5,12-13,16H,6-11,14-15H2,1H3,(H,20,23). The van der Waals surface area contributed by atoms with Crippen molar-refractivity contribution in [2.75, 3.05) is 26.2 Å². The molecule has 1 fully saturated rings. The van der Waals surface area contributed by atoms with Gasteiger partial charge in [0.15, 0.2) is 0 Å². The Balaban J connectivity index is 1.49. The molecule has 25 heavy (non-hydrogen) atoms. The van der Waals surface area contributed by atoms with Crippen LogP contribution in [0.4, 0.5) is 4.79 Å². The molecule has 0 saturated carbocycles. The molecule has 2 amide bonds. The SMILES string of the molecule is CC1CCN(CCNC(=O)N(Cc2ccco2)Cc2ccco2)CC1. The fourth-order valence-corrected chi connectivity index (χ4v) is 3.10. The molecule has 0 spiro atoms. The molecular formula is C19H27N3O3. The third-order valence-corrected chi connectivity index (χ3v) is 4.72. The highest BCUT2D eigenvalue weighted by Crippen LogP contribution is 2.15. The average Bonchev–Trinajstić information content (AvgIpc) is 3.30. The van der Waals surface area contributed by atoms with Crippen LogP contribution < -0.4 is 5.32 Å². The zero-order chi connectivity index (χ0) is 17.5. The Kier molecular flexibility index (Phi) is 6.17. The molecule has 0 aliphatic carbocycles. The highest BCUT2D eigenvalue weighted by atomic mass is 16.3. The summed E-state index contributed by atoms with van der Waals surface area (Å²) in [6.45, 7) is 6.94. The number of carbonyl (C=O) groups excluding carboxylic acids is 1. The minimum absolute atomic E-state index is 0.0989. The van der Waals surface area contributed by atoms with Gasteiger partial charge >= 0.3 is 6.03 Å². The fraction of sp³-hybridized carbons (Fsp3) is 0.526. The van der Waals surface area contributed by atoms with Gasteiger partial charge in [-0.2, -0.15) is 0 Å². The third kappa shape index (κ3) is 5.39. The topological polar surface area (TPSA) is 61.9 Å². The molecule has 136 valence electrons. The number of nitrogens with one attached hydrogen (secondary N) is 1. The molecule has 0 radical (unpaired) electrons. The van der Waals surface area contributed by atoms with Gasteiger partial charge in [0.1, 0.15) is 11.5 Å². The van der Waals surface area contributed by atoms with Gasteiger partial charge < -0.3 is 24.0 Å². The van der Waals surface area contributed by atoms with E-state index in [4.69, 9.17) is 8.83 Å². The lowest BCUT2D eigenvalue weighted by Gasteiger charge is -2.30. The maximum absolute atomic E-state index is 12.6. The predicted octanol–water partition coefficient (Wildman–Crippen LogP) is 3.32. The number of hydrogen-bond donors (Lipinski definition) is 1. The third-order valence-electron chi connectivity index (χ3n) is 4.72. The van der Waals surface area contributed by atoms with Crippen LogP contribution in [0.25, 0.3) is 0 Å². The Bertz CT molecular complexity index is 580. The van der Waals surface area contributed by atoms with Crippen molar-refractivity contribution in [3.63, 3.8) is 0 Å². The summed E-state index contributed by atoms with van der Waals surface area (Å²) in [5.74, 6) is 2.33. The van der Waals surface area contributed by atoms with Crippen molar-refractivity contribution in [3.8, 4) is 0 Å². The molecule has 2 aromatic heterocycles. The van der Waals surface area contributed by atoms with E-state index in [1.165, 1.54) is 12.8 Å². The number of nitrogens with zero attached hydrogens (tertiary/aromatic N) is 2. The van der Waals surface area contributed by atoms with E-state index in [1.54, 1.807) is 17.4 Å². The van der Waals surface area contributed by atoms with E-state index in [-0.39, 0.29) is 6.03 Å². The second-order valence-electron chi connectivity index (χ2n) is 6.77. The number of piperidine rings is 1. The lowest BCUT2D eigenvalue weighted by molar-refractivity contribution is 0.172. The summed E-state index contributed by atoms with van der Waals surface area (Å²) in [5.41, 5.74) is 0. The first-order valence-electron chi connectivity index (χ1n) is 9.00. The maximum atomic E-state index is 12.6. The molecule has 2 aromatic rings. The number of hydrogen-bond acceptors (Lipinski definition) is 4. The molecule has 0 unspecified atom stereocenters. The van der Waals surface area contributed by atoms with Gasteiger partial charge in [-0.3, -0.25) is 0 Å². The molecule has 6 heteroatoms. The summed E-state index contributed by atoms with van der Waals surface area (Å²) in [6, 6.07) is 7.30. The minimum atomic E-state index is -0.0989. The van der Waals surface area contributed by atoms with Crippen LogP contribution in [0.3, 0.4) is 0 Å². The molecule has 1 N–H and O–H groups in total. The summed E-state index contributed by atoms with van der Waals surface area (Å²) in [4.78, 5) is 16.7. The molecule has 3 rings (SSSR count). The van der Waals surface area contributed by atoms with Crippen molar-refractivity contribution in [1.29, 1.82) is 0 Å². The molecule has 1 saturated heterocycles. The number of carbonyl (C=O) groups is 1. The molecule has 0 atom stereocenters. The first-order valence-corrected chi connectivity index (χ1v) is 9.00. The van der Waals surface area contributed by atoms with Crippen molar-refractivity contribution in [3.05, 3.63) is 48.3 Å². The van der Waals surface area contributed by atoms with Gasteiger partial charge in [-0.1, -0.05) is 6.92 Å². The zero-order valence-corrected chi connectivity index (χ0v) is 14.8. The van der Waals surface area contributed by atoms with E-state index in [0.29, 0.717) is 19.6 Å². The lowest BCUT2D eigenvalue weighted by Crippen LogP contribution is -2.43. The Hall–Kier alpha value is -2.21. The average molecular weight is 345 g/mol. The molecule has 1 aliphatic rings. The monoisotopic (exact) mass is 345 g/mol. The van der Waals surface area contributed by atoms with E-state index >= 15 is 0 Å². The van der Waals surface area contributed by atoms with Crippen molar-refractivity contribution in [2.24, 2.45) is 5.92 Å². The summed E-state index contributed by atoms with van der Waals surface area (Å²) >= 11 is 0. The van der Waals surface area contributed by atoms with Gasteiger partial charge in [-0.25, -0.2) is 4.79 Å². The first-order chi connectivity index (χ1) is 12.2. The van der Waals surface area contributed by atoms with Crippen LogP contribution in [0, 0.1) is 5.92 Å². The number of amides is 2. The van der Waals surface area contributed by atoms with Gasteiger partial charge in [-0.05, 0) is 56.1 Å². The van der Waals surface area contributed by atoms with Gasteiger partial charge in [0.25, 0.3) is 0 Å². The van der Waals surface area contributed by atoms with E-state index < -0.39 is 0 Å². The molecule has 0 aromatic carbocycles. The lowest BCUT2D eigenvalue weighted by atomic mass is 9.99. The van der Waals surface area contributed by atoms with Crippen LogP contribution in [0.1, 0.15) is 31.3 Å². The second kappa shape index (κ2) is 8.76. The fourth-order valence-electron chi connectivity index (χ4n) is 3.10. The van der Waals surface area contributed by atoms with Gasteiger partial charge in [-0.15, -0.1) is 0 Å². The first kappa shape index (κ1) is 17.6. The maximum Gasteiger partial charge on any atom is 0.318 e. The van der Waals surface area contributed by atoms with E-state index in [1.807, 2.05) is 24.3 Å². The van der Waals surface area contributed by atoms with Gasteiger partial charge in [0.05, 0.1) is 25.6 Å². The highest BCUT2D eigenvalue weighted by Gasteiger charge is 2.18. The van der Waals surface area contributed by atoms with E-state index in [2.05, 4.69) is 17.1 Å². The molecular weight excluding hydrogens is 318 g/mol. The number of urea groups is 1. The van der Waals surface area contributed by atoms with Crippen LogP contribution >= 0.6 is 0 Å². The Morgan fingerprint density at radius 1 is 1.16 bits per heavy atom. The summed E-state index contributed by atoms with van der Waals surface area (Å²) in [5, 5.41) is 3.03. The molecule has 3 heterocycles. The Labute approximate surface area is 148 Å². The van der Waals surface area contributed by atoms with Gasteiger partial charge in [0.2, 0.25) is 0 Å². The van der Waals surface area contributed by atoms with Crippen LogP contribution in [0.5, 0.6) is 0 Å². The highest BCUT2D eigenvalue weighted by molar-refractivity contribution is 5.74.